The second kappa shape index (κ2) is 9.05. The van der Waals surface area contributed by atoms with E-state index in [9.17, 15) is 0 Å². The molecule has 0 aromatic rings. The predicted octanol–water partition coefficient (Wildman–Crippen LogP) is 0.731. The van der Waals surface area contributed by atoms with E-state index >= 15 is 0 Å². The van der Waals surface area contributed by atoms with Crippen LogP contribution in [0, 0.1) is 0 Å². The van der Waals surface area contributed by atoms with Gasteiger partial charge in [-0.1, -0.05) is 0 Å². The molecule has 0 bridgehead atoms. The Balaban J connectivity index is 4.15. The van der Waals surface area contributed by atoms with E-state index in [1.54, 1.807) is 42.1 Å². The summed E-state index contributed by atoms with van der Waals surface area (Å²) in [5.41, 5.74) is 0. The topological polar surface area (TPSA) is 55.4 Å². The zero-order valence-electron chi connectivity index (χ0n) is 10.8. The number of hydrogen-bond acceptors (Lipinski definition) is 6. The maximum Gasteiger partial charge on any atom is 0.490 e. The molecule has 0 spiro atoms. The van der Waals surface area contributed by atoms with Crippen LogP contribution in [0.25, 0.3) is 0 Å². The average Bonchev–Trinajstić information content (AvgIpc) is 2.28. The first kappa shape index (κ1) is 16.0. The number of methoxy groups -OCH3 is 3. The van der Waals surface area contributed by atoms with Crippen LogP contribution in [0.15, 0.2) is 0 Å². The van der Waals surface area contributed by atoms with Gasteiger partial charge in [0.05, 0.1) is 0 Å². The summed E-state index contributed by atoms with van der Waals surface area (Å²) in [6.07, 6.45) is -1.15. The zero-order chi connectivity index (χ0) is 12.6. The fourth-order valence-electron chi connectivity index (χ4n) is 0.732. The molecule has 0 rings (SSSR count). The SMILES string of the molecule is COC(C)O[SiH](OC(C)OC)OC(C)OC. The van der Waals surface area contributed by atoms with Crippen molar-refractivity contribution in [2.45, 2.75) is 39.6 Å². The molecule has 7 heteroatoms. The minimum absolute atomic E-state index is 0.384. The van der Waals surface area contributed by atoms with E-state index in [1.165, 1.54) is 0 Å². The van der Waals surface area contributed by atoms with E-state index in [-0.39, 0.29) is 18.9 Å². The quantitative estimate of drug-likeness (QED) is 0.446. The Bertz CT molecular complexity index is 142. The monoisotopic (exact) mass is 254 g/mol. The van der Waals surface area contributed by atoms with Gasteiger partial charge in [-0.05, 0) is 20.8 Å². The van der Waals surface area contributed by atoms with Crippen LogP contribution in [0.5, 0.6) is 0 Å². The molecule has 0 aromatic heterocycles. The van der Waals surface area contributed by atoms with Crippen molar-refractivity contribution in [1.82, 2.24) is 0 Å². The highest BCUT2D eigenvalue weighted by Gasteiger charge is 2.24. The van der Waals surface area contributed by atoms with Gasteiger partial charge in [-0.15, -0.1) is 0 Å². The minimum atomic E-state index is -2.34. The van der Waals surface area contributed by atoms with E-state index in [2.05, 4.69) is 0 Å². The summed E-state index contributed by atoms with van der Waals surface area (Å²) in [4.78, 5) is 0. The summed E-state index contributed by atoms with van der Waals surface area (Å²) in [7, 11) is 2.32. The van der Waals surface area contributed by atoms with Crippen LogP contribution in [-0.2, 0) is 27.5 Å². The number of ether oxygens (including phenoxy) is 3. The molecule has 0 amide bonds. The van der Waals surface area contributed by atoms with E-state index < -0.39 is 9.53 Å². The van der Waals surface area contributed by atoms with Crippen LogP contribution >= 0.6 is 0 Å². The first-order valence-corrected chi connectivity index (χ1v) is 6.49. The Labute approximate surface area is 98.7 Å². The van der Waals surface area contributed by atoms with Gasteiger partial charge in [0.1, 0.15) is 18.9 Å². The second-order valence-electron chi connectivity index (χ2n) is 3.11. The third-order valence-corrected chi connectivity index (χ3v) is 3.72. The van der Waals surface area contributed by atoms with Gasteiger partial charge in [0.15, 0.2) is 0 Å². The molecule has 6 nitrogen and oxygen atoms in total. The Hall–Kier alpha value is -0.0231. The number of hydrogen-bond donors (Lipinski definition) is 0. The highest BCUT2D eigenvalue weighted by Crippen LogP contribution is 2.06. The van der Waals surface area contributed by atoms with E-state index in [1.807, 2.05) is 0 Å². The molecule has 0 aliphatic carbocycles. The van der Waals surface area contributed by atoms with Gasteiger partial charge >= 0.3 is 9.53 Å². The second-order valence-corrected chi connectivity index (χ2v) is 4.50. The molecule has 98 valence electrons. The molecule has 0 saturated carbocycles. The molecule has 0 aliphatic heterocycles. The van der Waals surface area contributed by atoms with Gasteiger partial charge in [-0.2, -0.15) is 0 Å². The predicted molar refractivity (Wildman–Crippen MR) is 59.8 cm³/mol. The van der Waals surface area contributed by atoms with Crippen molar-refractivity contribution in [1.29, 1.82) is 0 Å². The fraction of sp³-hybridized carbons (Fsp3) is 1.00. The first-order valence-electron chi connectivity index (χ1n) is 5.08. The Morgan fingerprint density at radius 3 is 1.06 bits per heavy atom. The lowest BCUT2D eigenvalue weighted by molar-refractivity contribution is -0.147. The van der Waals surface area contributed by atoms with Crippen molar-refractivity contribution in [3.8, 4) is 0 Å². The summed E-state index contributed by atoms with van der Waals surface area (Å²) in [6, 6.07) is 0. The summed E-state index contributed by atoms with van der Waals surface area (Å²) < 4.78 is 31.3. The Morgan fingerprint density at radius 1 is 0.625 bits per heavy atom. The molecule has 0 aliphatic rings. The molecule has 0 saturated heterocycles. The third kappa shape index (κ3) is 7.28. The van der Waals surface area contributed by atoms with Gasteiger partial charge in [-0.3, -0.25) is 0 Å². The summed E-state index contributed by atoms with van der Waals surface area (Å²) in [5.74, 6) is 0. The van der Waals surface area contributed by atoms with Crippen molar-refractivity contribution in [3.05, 3.63) is 0 Å². The van der Waals surface area contributed by atoms with Crippen molar-refractivity contribution in [3.63, 3.8) is 0 Å². The van der Waals surface area contributed by atoms with Gasteiger partial charge in [0.2, 0.25) is 0 Å². The molecule has 0 radical (unpaired) electrons. The summed E-state index contributed by atoms with van der Waals surface area (Å²) in [6.45, 7) is 5.30. The maximum atomic E-state index is 5.46. The Kier molecular flexibility index (Phi) is 9.04. The zero-order valence-corrected chi connectivity index (χ0v) is 11.9. The van der Waals surface area contributed by atoms with Crippen molar-refractivity contribution in [2.75, 3.05) is 21.3 Å². The maximum absolute atomic E-state index is 5.46. The lowest BCUT2D eigenvalue weighted by Gasteiger charge is -2.24. The van der Waals surface area contributed by atoms with E-state index in [0.29, 0.717) is 0 Å². The highest BCUT2D eigenvalue weighted by molar-refractivity contribution is 6.36. The van der Waals surface area contributed by atoms with E-state index in [4.69, 9.17) is 27.5 Å². The van der Waals surface area contributed by atoms with Gasteiger partial charge in [0, 0.05) is 21.3 Å². The van der Waals surface area contributed by atoms with Crippen molar-refractivity contribution >= 4 is 9.53 Å². The average molecular weight is 254 g/mol. The normalized spacial score (nSPS) is 19.1. The van der Waals surface area contributed by atoms with Crippen LogP contribution in [0.1, 0.15) is 20.8 Å². The van der Waals surface area contributed by atoms with Crippen LogP contribution in [0.4, 0.5) is 0 Å². The lowest BCUT2D eigenvalue weighted by Crippen LogP contribution is -2.38. The molecule has 0 fully saturated rings. The van der Waals surface area contributed by atoms with Crippen LogP contribution in [0.2, 0.25) is 0 Å². The minimum Gasteiger partial charge on any atom is -0.357 e. The molecule has 0 aromatic carbocycles. The Morgan fingerprint density at radius 2 is 0.875 bits per heavy atom. The first-order chi connectivity index (χ1) is 7.53. The van der Waals surface area contributed by atoms with Crippen LogP contribution in [-0.4, -0.2) is 49.7 Å². The largest absolute Gasteiger partial charge is 0.490 e. The molecule has 0 heterocycles. The summed E-state index contributed by atoms with van der Waals surface area (Å²) >= 11 is 0. The molecule has 3 unspecified atom stereocenters. The summed E-state index contributed by atoms with van der Waals surface area (Å²) in [5, 5.41) is 0. The molecular formula is C9H22O6Si. The van der Waals surface area contributed by atoms with E-state index in [0.717, 1.165) is 0 Å². The smallest absolute Gasteiger partial charge is 0.357 e. The standard InChI is InChI=1S/C9H22O6Si/c1-7(10-4)13-16(14-8(2)11-5)15-9(3)12-6/h7-9,16H,1-6H3. The fourth-order valence-corrected chi connectivity index (χ4v) is 2.20. The molecular weight excluding hydrogens is 232 g/mol. The van der Waals surface area contributed by atoms with Gasteiger partial charge in [-0.25, -0.2) is 0 Å². The van der Waals surface area contributed by atoms with Crippen molar-refractivity contribution in [2.24, 2.45) is 0 Å². The van der Waals surface area contributed by atoms with Gasteiger partial charge in [0.25, 0.3) is 0 Å². The highest BCUT2D eigenvalue weighted by atomic mass is 28.3. The lowest BCUT2D eigenvalue weighted by atomic mass is 10.8. The van der Waals surface area contributed by atoms with Crippen LogP contribution in [0.3, 0.4) is 0 Å². The molecule has 0 N–H and O–H groups in total. The number of rotatable bonds is 9. The van der Waals surface area contributed by atoms with Crippen molar-refractivity contribution < 1.29 is 27.5 Å². The van der Waals surface area contributed by atoms with Crippen LogP contribution < -0.4 is 0 Å². The molecule has 16 heavy (non-hydrogen) atoms. The van der Waals surface area contributed by atoms with Gasteiger partial charge < -0.3 is 27.5 Å². The molecule has 3 atom stereocenters. The third-order valence-electron chi connectivity index (χ3n) is 1.90.